The predicted octanol–water partition coefficient (Wildman–Crippen LogP) is 3.27. The van der Waals surface area contributed by atoms with E-state index in [0.717, 1.165) is 17.3 Å². The highest BCUT2D eigenvalue weighted by Crippen LogP contribution is 2.31. The number of hydrogen-bond donors (Lipinski definition) is 1. The number of amidine groups is 1. The molecule has 26 heavy (non-hydrogen) atoms. The first-order valence-corrected chi connectivity index (χ1v) is 8.30. The molecule has 1 aliphatic rings. The maximum atomic E-state index is 11.9. The largest absolute Gasteiger partial charge is 0.457 e. The standard InChI is InChI=1S/C17H13N3O5S/c1-9-7-11(20(23)24)3-5-13(9)14-6-4-12(25-14)8-15-16(22)19-17(26-15)18-10(2)21/h3-8H,1-2H3,(H,18,19,21,22)/b15-8-. The monoisotopic (exact) mass is 371 g/mol. The second-order valence-electron chi connectivity index (χ2n) is 5.47. The molecule has 3 rings (SSSR count). The molecule has 2 heterocycles. The van der Waals surface area contributed by atoms with Crippen molar-refractivity contribution in [2.75, 3.05) is 0 Å². The zero-order valence-electron chi connectivity index (χ0n) is 13.8. The Hall–Kier alpha value is -3.20. The highest BCUT2D eigenvalue weighted by Gasteiger charge is 2.23. The Labute approximate surface area is 152 Å². The Kier molecular flexibility index (Phi) is 4.72. The van der Waals surface area contributed by atoms with Gasteiger partial charge in [0.25, 0.3) is 11.6 Å². The van der Waals surface area contributed by atoms with E-state index in [4.69, 9.17) is 4.42 Å². The molecule has 0 radical (unpaired) electrons. The van der Waals surface area contributed by atoms with E-state index in [1.165, 1.54) is 25.1 Å². The third kappa shape index (κ3) is 3.72. The van der Waals surface area contributed by atoms with Gasteiger partial charge < -0.3 is 9.73 Å². The Morgan fingerprint density at radius 3 is 2.77 bits per heavy atom. The van der Waals surface area contributed by atoms with Crippen LogP contribution >= 0.6 is 11.8 Å². The van der Waals surface area contributed by atoms with Crippen LogP contribution in [0.25, 0.3) is 17.4 Å². The minimum atomic E-state index is -0.455. The van der Waals surface area contributed by atoms with Crippen molar-refractivity contribution in [2.24, 2.45) is 4.99 Å². The average Bonchev–Trinajstić information content (AvgIpc) is 3.14. The molecule has 1 aromatic heterocycles. The summed E-state index contributed by atoms with van der Waals surface area (Å²) in [5.74, 6) is 0.207. The average molecular weight is 371 g/mol. The summed E-state index contributed by atoms with van der Waals surface area (Å²) in [7, 11) is 0. The summed E-state index contributed by atoms with van der Waals surface area (Å²) < 4.78 is 5.73. The number of furan rings is 1. The van der Waals surface area contributed by atoms with Crippen molar-refractivity contribution in [3.63, 3.8) is 0 Å². The van der Waals surface area contributed by atoms with E-state index in [-0.39, 0.29) is 16.8 Å². The number of carbonyl (C=O) groups is 2. The zero-order valence-corrected chi connectivity index (χ0v) is 14.6. The first-order valence-electron chi connectivity index (χ1n) is 7.49. The van der Waals surface area contributed by atoms with Crippen LogP contribution in [0.5, 0.6) is 0 Å². The second-order valence-corrected chi connectivity index (χ2v) is 6.50. The number of nitro groups is 1. The van der Waals surface area contributed by atoms with Gasteiger partial charge in [-0.3, -0.25) is 19.7 Å². The van der Waals surface area contributed by atoms with Crippen molar-refractivity contribution in [1.29, 1.82) is 0 Å². The number of aliphatic imine (C=N–C) groups is 1. The molecule has 1 aromatic carbocycles. The van der Waals surface area contributed by atoms with E-state index >= 15 is 0 Å². The minimum absolute atomic E-state index is 0.00995. The van der Waals surface area contributed by atoms with Gasteiger partial charge in [-0.25, -0.2) is 0 Å². The molecule has 0 bridgehead atoms. The van der Waals surface area contributed by atoms with E-state index < -0.39 is 10.8 Å². The van der Waals surface area contributed by atoms with Crippen LogP contribution in [0.4, 0.5) is 5.69 Å². The molecule has 2 aromatic rings. The van der Waals surface area contributed by atoms with E-state index in [1.54, 1.807) is 25.1 Å². The first-order chi connectivity index (χ1) is 12.3. The Morgan fingerprint density at radius 1 is 1.35 bits per heavy atom. The van der Waals surface area contributed by atoms with Gasteiger partial charge in [0.1, 0.15) is 11.5 Å². The molecule has 0 aliphatic carbocycles. The number of carbonyl (C=O) groups excluding carboxylic acids is 2. The number of nitro benzene ring substituents is 1. The SMILES string of the molecule is CC(=O)NC1=NC(=O)/C(=C/c2ccc(-c3ccc([N+](=O)[O-])cc3C)o2)S1. The van der Waals surface area contributed by atoms with Crippen LogP contribution in [0, 0.1) is 17.0 Å². The van der Waals surface area contributed by atoms with Crippen molar-refractivity contribution in [1.82, 2.24) is 5.32 Å². The molecule has 0 unspecified atom stereocenters. The Balaban J connectivity index is 1.82. The van der Waals surface area contributed by atoms with E-state index in [0.29, 0.717) is 22.0 Å². The molecule has 0 saturated carbocycles. The van der Waals surface area contributed by atoms with Gasteiger partial charge in [-0.05, 0) is 42.4 Å². The summed E-state index contributed by atoms with van der Waals surface area (Å²) in [6.07, 6.45) is 1.54. The zero-order chi connectivity index (χ0) is 18.8. The van der Waals surface area contributed by atoms with Gasteiger partial charge in [0.05, 0.1) is 9.83 Å². The quantitative estimate of drug-likeness (QED) is 0.503. The highest BCUT2D eigenvalue weighted by atomic mass is 32.2. The number of nitrogens with zero attached hydrogens (tertiary/aromatic N) is 2. The molecule has 1 N–H and O–H groups in total. The molecule has 0 fully saturated rings. The predicted molar refractivity (Wildman–Crippen MR) is 97.4 cm³/mol. The summed E-state index contributed by atoms with van der Waals surface area (Å²) in [5, 5.41) is 13.5. The lowest BCUT2D eigenvalue weighted by Crippen LogP contribution is -2.23. The molecule has 0 spiro atoms. The van der Waals surface area contributed by atoms with Gasteiger partial charge in [0, 0.05) is 30.7 Å². The van der Waals surface area contributed by atoms with Crippen molar-refractivity contribution in [2.45, 2.75) is 13.8 Å². The lowest BCUT2D eigenvalue weighted by molar-refractivity contribution is -0.384. The number of hydrogen-bond acceptors (Lipinski definition) is 6. The summed E-state index contributed by atoms with van der Waals surface area (Å²) >= 11 is 1.05. The van der Waals surface area contributed by atoms with Crippen LogP contribution in [0.15, 0.2) is 44.6 Å². The number of benzene rings is 1. The number of aryl methyl sites for hydroxylation is 1. The molecule has 0 atom stereocenters. The van der Waals surface area contributed by atoms with Crippen LogP contribution in [-0.2, 0) is 9.59 Å². The first kappa shape index (κ1) is 17.6. The van der Waals surface area contributed by atoms with Gasteiger partial charge in [0.2, 0.25) is 5.91 Å². The van der Waals surface area contributed by atoms with Crippen molar-refractivity contribution in [3.05, 3.63) is 56.7 Å². The maximum Gasteiger partial charge on any atom is 0.286 e. The number of rotatable bonds is 3. The van der Waals surface area contributed by atoms with Gasteiger partial charge >= 0.3 is 0 Å². The normalized spacial score (nSPS) is 15.2. The number of non-ortho nitro benzene ring substituents is 1. The summed E-state index contributed by atoms with van der Waals surface area (Å²) in [6.45, 7) is 3.09. The second kappa shape index (κ2) is 6.96. The van der Waals surface area contributed by atoms with Crippen molar-refractivity contribution in [3.8, 4) is 11.3 Å². The van der Waals surface area contributed by atoms with Crippen LogP contribution in [0.3, 0.4) is 0 Å². The van der Waals surface area contributed by atoms with E-state index in [9.17, 15) is 19.7 Å². The lowest BCUT2D eigenvalue weighted by Gasteiger charge is -2.02. The highest BCUT2D eigenvalue weighted by molar-refractivity contribution is 8.18. The Morgan fingerprint density at radius 2 is 2.12 bits per heavy atom. The lowest BCUT2D eigenvalue weighted by atomic mass is 10.1. The maximum absolute atomic E-state index is 11.9. The van der Waals surface area contributed by atoms with Gasteiger partial charge in [-0.15, -0.1) is 0 Å². The van der Waals surface area contributed by atoms with Gasteiger partial charge in [-0.1, -0.05) is 0 Å². The third-order valence-corrected chi connectivity index (χ3v) is 4.39. The third-order valence-electron chi connectivity index (χ3n) is 3.49. The van der Waals surface area contributed by atoms with Crippen LogP contribution < -0.4 is 5.32 Å². The molecular weight excluding hydrogens is 358 g/mol. The van der Waals surface area contributed by atoms with E-state index in [1.807, 2.05) is 0 Å². The molecule has 8 nitrogen and oxygen atoms in total. The Bertz CT molecular complexity index is 990. The molecule has 1 aliphatic heterocycles. The fourth-order valence-corrected chi connectivity index (χ4v) is 3.20. The smallest absolute Gasteiger partial charge is 0.286 e. The number of amides is 2. The van der Waals surface area contributed by atoms with Crippen LogP contribution in [0.1, 0.15) is 18.2 Å². The molecule has 2 amide bonds. The van der Waals surface area contributed by atoms with E-state index in [2.05, 4.69) is 10.3 Å². The van der Waals surface area contributed by atoms with Crippen LogP contribution in [-0.4, -0.2) is 21.9 Å². The van der Waals surface area contributed by atoms with Crippen molar-refractivity contribution >= 4 is 40.5 Å². The van der Waals surface area contributed by atoms with Crippen molar-refractivity contribution < 1.29 is 18.9 Å². The molecule has 0 saturated heterocycles. The molecular formula is C17H13N3O5S. The summed E-state index contributed by atoms with van der Waals surface area (Å²) in [5.41, 5.74) is 1.44. The van der Waals surface area contributed by atoms with Gasteiger partial charge in [0.15, 0.2) is 5.17 Å². The molecule has 9 heteroatoms. The number of thioether (sulfide) groups is 1. The molecule has 132 valence electrons. The fourth-order valence-electron chi connectivity index (χ4n) is 2.36. The minimum Gasteiger partial charge on any atom is -0.457 e. The fraction of sp³-hybridized carbons (Fsp3) is 0.118. The van der Waals surface area contributed by atoms with Gasteiger partial charge in [-0.2, -0.15) is 4.99 Å². The summed E-state index contributed by atoms with van der Waals surface area (Å²) in [6, 6.07) is 7.91. The summed E-state index contributed by atoms with van der Waals surface area (Å²) in [4.78, 5) is 37.3. The van der Waals surface area contributed by atoms with Crippen LogP contribution in [0.2, 0.25) is 0 Å². The number of nitrogens with one attached hydrogen (secondary N) is 1. The topological polar surface area (TPSA) is 115 Å².